The van der Waals surface area contributed by atoms with Crippen molar-refractivity contribution in [3.63, 3.8) is 0 Å². The van der Waals surface area contributed by atoms with Crippen molar-refractivity contribution in [2.45, 2.75) is 18.4 Å². The molecule has 0 radical (unpaired) electrons. The van der Waals surface area contributed by atoms with Gasteiger partial charge in [0.15, 0.2) is 0 Å². The van der Waals surface area contributed by atoms with Gasteiger partial charge in [-0.15, -0.1) is 0 Å². The van der Waals surface area contributed by atoms with Crippen LogP contribution in [0.25, 0.3) is 0 Å². The minimum atomic E-state index is -3.57. The molecule has 0 saturated carbocycles. The summed E-state index contributed by atoms with van der Waals surface area (Å²) in [6, 6.07) is 13.7. The van der Waals surface area contributed by atoms with E-state index in [1.807, 2.05) is 17.0 Å². The highest BCUT2D eigenvalue weighted by atomic mass is 32.2. The van der Waals surface area contributed by atoms with Crippen LogP contribution < -0.4 is 5.32 Å². The average molecular weight is 487 g/mol. The number of sulfonamides is 1. The second-order valence-corrected chi connectivity index (χ2v) is 10.4. The lowest BCUT2D eigenvalue weighted by Gasteiger charge is -2.34. The highest BCUT2D eigenvalue weighted by molar-refractivity contribution is 7.89. The van der Waals surface area contributed by atoms with Crippen LogP contribution >= 0.6 is 0 Å². The first-order valence-electron chi connectivity index (χ1n) is 11.4. The molecule has 10 heteroatoms. The van der Waals surface area contributed by atoms with E-state index in [1.54, 1.807) is 31.2 Å². The number of amides is 2. The number of rotatable bonds is 6. The van der Waals surface area contributed by atoms with Crippen LogP contribution in [-0.4, -0.2) is 86.8 Å². The molecular formula is C24H30N4O5S. The molecule has 4 rings (SSSR count). The topological polar surface area (TPSA) is 99.3 Å². The van der Waals surface area contributed by atoms with E-state index >= 15 is 0 Å². The number of morpholine rings is 1. The highest BCUT2D eigenvalue weighted by Crippen LogP contribution is 2.20. The van der Waals surface area contributed by atoms with Gasteiger partial charge in [-0.25, -0.2) is 8.42 Å². The summed E-state index contributed by atoms with van der Waals surface area (Å²) in [7, 11) is -3.57. The molecule has 2 amide bonds. The number of hydrogen-bond acceptors (Lipinski definition) is 6. The monoisotopic (exact) mass is 486 g/mol. The van der Waals surface area contributed by atoms with Gasteiger partial charge in [0.1, 0.15) is 0 Å². The maximum absolute atomic E-state index is 12.7. The molecule has 0 bridgehead atoms. The summed E-state index contributed by atoms with van der Waals surface area (Å²) < 4.78 is 32.1. The zero-order chi connectivity index (χ0) is 24.1. The Kier molecular flexibility index (Phi) is 7.62. The Balaban J connectivity index is 1.32. The van der Waals surface area contributed by atoms with Crippen molar-refractivity contribution in [1.82, 2.24) is 14.1 Å². The first-order chi connectivity index (χ1) is 16.3. The number of ether oxygens (including phenoxy) is 1. The van der Waals surface area contributed by atoms with E-state index in [0.717, 1.165) is 38.3 Å². The first-order valence-corrected chi connectivity index (χ1v) is 12.8. The van der Waals surface area contributed by atoms with E-state index in [0.29, 0.717) is 37.6 Å². The Morgan fingerprint density at radius 1 is 0.882 bits per heavy atom. The van der Waals surface area contributed by atoms with Gasteiger partial charge < -0.3 is 15.0 Å². The van der Waals surface area contributed by atoms with E-state index in [-0.39, 0.29) is 16.7 Å². The molecule has 0 aromatic heterocycles. The molecule has 0 spiro atoms. The zero-order valence-corrected chi connectivity index (χ0v) is 20.1. The van der Waals surface area contributed by atoms with Crippen LogP contribution in [0.15, 0.2) is 53.4 Å². The summed E-state index contributed by atoms with van der Waals surface area (Å²) in [5, 5.41) is 2.82. The van der Waals surface area contributed by atoms with Crippen LogP contribution in [0.1, 0.15) is 22.8 Å². The van der Waals surface area contributed by atoms with Crippen molar-refractivity contribution in [1.29, 1.82) is 0 Å². The SMILES string of the molecule is CC(=O)N1CCN(Cc2ccc(C(=O)Nc3ccc(S(=O)(=O)N4CCOCC4)cc3)cc2)CC1. The Hall–Kier alpha value is -2.79. The molecule has 0 unspecified atom stereocenters. The summed E-state index contributed by atoms with van der Waals surface area (Å²) >= 11 is 0. The Morgan fingerprint density at radius 3 is 2.09 bits per heavy atom. The second-order valence-electron chi connectivity index (χ2n) is 8.47. The fourth-order valence-corrected chi connectivity index (χ4v) is 5.50. The number of nitrogens with one attached hydrogen (secondary N) is 1. The summed E-state index contributed by atoms with van der Waals surface area (Å²) in [5.74, 6) is -0.145. The Morgan fingerprint density at radius 2 is 1.50 bits per heavy atom. The van der Waals surface area contributed by atoms with Crippen molar-refractivity contribution in [3.8, 4) is 0 Å². The third-order valence-corrected chi connectivity index (χ3v) is 8.07. The van der Waals surface area contributed by atoms with Crippen molar-refractivity contribution < 1.29 is 22.7 Å². The van der Waals surface area contributed by atoms with Crippen molar-refractivity contribution >= 4 is 27.5 Å². The summed E-state index contributed by atoms with van der Waals surface area (Å²) in [6.45, 7) is 6.97. The molecule has 0 aliphatic carbocycles. The lowest BCUT2D eigenvalue weighted by molar-refractivity contribution is -0.130. The summed E-state index contributed by atoms with van der Waals surface area (Å²) in [4.78, 5) is 28.4. The Bertz CT molecular complexity index is 1110. The number of anilines is 1. The van der Waals surface area contributed by atoms with Gasteiger partial charge in [0.2, 0.25) is 15.9 Å². The molecular weight excluding hydrogens is 456 g/mol. The number of carbonyl (C=O) groups is 2. The molecule has 9 nitrogen and oxygen atoms in total. The van der Waals surface area contributed by atoms with Gasteiger partial charge in [0, 0.05) is 64.0 Å². The summed E-state index contributed by atoms with van der Waals surface area (Å²) in [6.07, 6.45) is 0. The van der Waals surface area contributed by atoms with Crippen LogP contribution in [0, 0.1) is 0 Å². The number of benzene rings is 2. The van der Waals surface area contributed by atoms with Gasteiger partial charge in [-0.05, 0) is 42.0 Å². The normalized spacial score (nSPS) is 18.0. The highest BCUT2D eigenvalue weighted by Gasteiger charge is 2.26. The molecule has 2 heterocycles. The molecule has 182 valence electrons. The Labute approximate surface area is 200 Å². The molecule has 34 heavy (non-hydrogen) atoms. The summed E-state index contributed by atoms with van der Waals surface area (Å²) in [5.41, 5.74) is 2.15. The van der Waals surface area contributed by atoms with Gasteiger partial charge >= 0.3 is 0 Å². The lowest BCUT2D eigenvalue weighted by Crippen LogP contribution is -2.47. The minimum absolute atomic E-state index is 0.114. The van der Waals surface area contributed by atoms with Gasteiger partial charge in [-0.2, -0.15) is 4.31 Å². The largest absolute Gasteiger partial charge is 0.379 e. The van der Waals surface area contributed by atoms with E-state index in [4.69, 9.17) is 4.74 Å². The quantitative estimate of drug-likeness (QED) is 0.666. The van der Waals surface area contributed by atoms with E-state index in [2.05, 4.69) is 10.2 Å². The molecule has 2 aliphatic rings. The van der Waals surface area contributed by atoms with Gasteiger partial charge in [0.05, 0.1) is 18.1 Å². The first kappa shape index (κ1) is 24.3. The number of nitrogens with zero attached hydrogens (tertiary/aromatic N) is 3. The van der Waals surface area contributed by atoms with E-state index < -0.39 is 10.0 Å². The molecule has 2 aromatic rings. The maximum Gasteiger partial charge on any atom is 0.255 e. The third kappa shape index (κ3) is 5.82. The lowest BCUT2D eigenvalue weighted by atomic mass is 10.1. The fraction of sp³-hybridized carbons (Fsp3) is 0.417. The fourth-order valence-electron chi connectivity index (χ4n) is 4.09. The van der Waals surface area contributed by atoms with Gasteiger partial charge in [-0.3, -0.25) is 14.5 Å². The zero-order valence-electron chi connectivity index (χ0n) is 19.3. The second kappa shape index (κ2) is 10.6. The van der Waals surface area contributed by atoms with Gasteiger partial charge in [0.25, 0.3) is 5.91 Å². The van der Waals surface area contributed by atoms with Crippen molar-refractivity contribution in [3.05, 3.63) is 59.7 Å². The van der Waals surface area contributed by atoms with Crippen LogP contribution in [0.5, 0.6) is 0 Å². The number of carbonyl (C=O) groups excluding carboxylic acids is 2. The molecule has 0 atom stereocenters. The molecule has 2 aliphatic heterocycles. The predicted octanol–water partition coefficient (Wildman–Crippen LogP) is 1.62. The van der Waals surface area contributed by atoms with E-state index in [9.17, 15) is 18.0 Å². The number of hydrogen-bond donors (Lipinski definition) is 1. The van der Waals surface area contributed by atoms with Crippen LogP contribution in [-0.2, 0) is 26.1 Å². The standard InChI is InChI=1S/C24H30N4O5S/c1-19(29)27-12-10-26(11-13-27)18-20-2-4-21(5-3-20)24(30)25-22-6-8-23(9-7-22)34(31,32)28-14-16-33-17-15-28/h2-9H,10-18H2,1H3,(H,25,30). The maximum atomic E-state index is 12.7. The average Bonchev–Trinajstić information content (AvgIpc) is 2.85. The van der Waals surface area contributed by atoms with Crippen molar-refractivity contribution in [2.24, 2.45) is 0 Å². The van der Waals surface area contributed by atoms with Crippen LogP contribution in [0.4, 0.5) is 5.69 Å². The molecule has 2 fully saturated rings. The number of piperazine rings is 1. The van der Waals surface area contributed by atoms with Gasteiger partial charge in [-0.1, -0.05) is 12.1 Å². The third-order valence-electron chi connectivity index (χ3n) is 6.16. The minimum Gasteiger partial charge on any atom is -0.379 e. The van der Waals surface area contributed by atoms with Crippen molar-refractivity contribution in [2.75, 3.05) is 57.8 Å². The van der Waals surface area contributed by atoms with Crippen LogP contribution in [0.2, 0.25) is 0 Å². The molecule has 2 aromatic carbocycles. The molecule has 2 saturated heterocycles. The molecule has 1 N–H and O–H groups in total. The van der Waals surface area contributed by atoms with E-state index in [1.165, 1.54) is 16.4 Å². The predicted molar refractivity (Wildman–Crippen MR) is 128 cm³/mol. The van der Waals surface area contributed by atoms with Crippen LogP contribution in [0.3, 0.4) is 0 Å². The smallest absolute Gasteiger partial charge is 0.255 e.